The first kappa shape index (κ1) is 22.4. The van der Waals surface area contributed by atoms with E-state index in [1.807, 2.05) is 30.3 Å². The van der Waals surface area contributed by atoms with Crippen molar-refractivity contribution in [2.24, 2.45) is 0 Å². The van der Waals surface area contributed by atoms with Crippen LogP contribution >= 0.6 is 0 Å². The summed E-state index contributed by atoms with van der Waals surface area (Å²) < 4.78 is 28.9. The number of benzene rings is 2. The van der Waals surface area contributed by atoms with Gasteiger partial charge in [0.15, 0.2) is 9.84 Å². The summed E-state index contributed by atoms with van der Waals surface area (Å²) >= 11 is 0. The van der Waals surface area contributed by atoms with Gasteiger partial charge in [0, 0.05) is 25.1 Å². The Labute approximate surface area is 190 Å². The first-order valence-corrected chi connectivity index (χ1v) is 11.9. The Morgan fingerprint density at radius 1 is 1.06 bits per heavy atom. The fourth-order valence-electron chi connectivity index (χ4n) is 3.11. The third-order valence-corrected chi connectivity index (χ3v) is 5.91. The Bertz CT molecular complexity index is 1340. The monoisotopic (exact) mass is 466 g/mol. The molecule has 3 N–H and O–H groups in total. The summed E-state index contributed by atoms with van der Waals surface area (Å²) in [5.74, 6) is 1.27. The maximum atomic E-state index is 11.7. The second kappa shape index (κ2) is 9.35. The molecule has 2 heterocycles. The van der Waals surface area contributed by atoms with Gasteiger partial charge in [0.25, 0.3) is 5.89 Å². The van der Waals surface area contributed by atoms with Crippen molar-refractivity contribution in [2.75, 3.05) is 23.5 Å². The number of aryl methyl sites for hydroxylation is 1. The number of rotatable bonds is 8. The number of aromatic nitrogens is 4. The van der Waals surface area contributed by atoms with Crippen LogP contribution in [0.1, 0.15) is 17.5 Å². The lowest BCUT2D eigenvalue weighted by Gasteiger charge is -2.19. The van der Waals surface area contributed by atoms with E-state index in [2.05, 4.69) is 30.8 Å². The first-order valence-electron chi connectivity index (χ1n) is 10.0. The van der Waals surface area contributed by atoms with Gasteiger partial charge in [-0.2, -0.15) is 4.98 Å². The van der Waals surface area contributed by atoms with Gasteiger partial charge in [0.1, 0.15) is 5.82 Å². The van der Waals surface area contributed by atoms with Crippen LogP contribution in [0.15, 0.2) is 70.1 Å². The molecule has 0 aliphatic heterocycles. The molecule has 0 aliphatic rings. The molecule has 4 rings (SSSR count). The fraction of sp³-hybridized carbons (Fsp3) is 0.182. The third-order valence-electron chi connectivity index (χ3n) is 4.78. The normalized spacial score (nSPS) is 12.3. The molecule has 2 aromatic heterocycles. The molecule has 0 fully saturated rings. The van der Waals surface area contributed by atoms with Crippen LogP contribution < -0.4 is 10.6 Å². The first-order chi connectivity index (χ1) is 15.8. The van der Waals surface area contributed by atoms with Crippen molar-refractivity contribution in [3.8, 4) is 11.5 Å². The highest BCUT2D eigenvalue weighted by molar-refractivity contribution is 7.90. The highest BCUT2D eigenvalue weighted by atomic mass is 32.2. The van der Waals surface area contributed by atoms with Crippen molar-refractivity contribution in [3.63, 3.8) is 0 Å². The van der Waals surface area contributed by atoms with E-state index in [0.717, 1.165) is 11.8 Å². The van der Waals surface area contributed by atoms with Gasteiger partial charge < -0.3 is 20.2 Å². The third kappa shape index (κ3) is 5.33. The smallest absolute Gasteiger partial charge is 0.253 e. The minimum atomic E-state index is -3.29. The summed E-state index contributed by atoms with van der Waals surface area (Å²) in [6, 6.07) is 15.3. The van der Waals surface area contributed by atoms with Crippen molar-refractivity contribution < 1.29 is 17.9 Å². The van der Waals surface area contributed by atoms with E-state index in [4.69, 9.17) is 4.42 Å². The summed E-state index contributed by atoms with van der Waals surface area (Å²) in [6.45, 7) is 1.51. The van der Waals surface area contributed by atoms with Crippen LogP contribution in [0.2, 0.25) is 0 Å². The Morgan fingerprint density at radius 3 is 2.39 bits per heavy atom. The predicted octanol–water partition coefficient (Wildman–Crippen LogP) is 3.13. The van der Waals surface area contributed by atoms with Gasteiger partial charge in [-0.1, -0.05) is 30.3 Å². The number of anilines is 3. The van der Waals surface area contributed by atoms with Crippen LogP contribution in [0.5, 0.6) is 0 Å². The topological polar surface area (TPSA) is 143 Å². The van der Waals surface area contributed by atoms with Gasteiger partial charge in [-0.15, -0.1) is 10.2 Å². The fourth-order valence-corrected chi connectivity index (χ4v) is 3.74. The molecule has 0 radical (unpaired) electrons. The lowest BCUT2D eigenvalue weighted by molar-refractivity contribution is 0.276. The van der Waals surface area contributed by atoms with E-state index in [1.54, 1.807) is 19.1 Å². The number of nitrogens with zero attached hydrogens (tertiary/aromatic N) is 4. The number of aliphatic hydroxyl groups excluding tert-OH is 1. The van der Waals surface area contributed by atoms with E-state index in [9.17, 15) is 13.5 Å². The summed E-state index contributed by atoms with van der Waals surface area (Å²) in [5, 5.41) is 24.2. The number of hydrogen-bond donors (Lipinski definition) is 3. The number of nitrogens with one attached hydrogen (secondary N) is 2. The van der Waals surface area contributed by atoms with Crippen molar-refractivity contribution in [2.45, 2.75) is 17.9 Å². The molecule has 0 unspecified atom stereocenters. The maximum Gasteiger partial charge on any atom is 0.253 e. The van der Waals surface area contributed by atoms with Crippen molar-refractivity contribution >= 4 is 27.3 Å². The zero-order chi connectivity index (χ0) is 23.4. The molecular formula is C22H22N6O4S. The van der Waals surface area contributed by atoms with Crippen LogP contribution in [0.3, 0.4) is 0 Å². The Kier molecular flexibility index (Phi) is 6.33. The molecule has 0 amide bonds. The number of aliphatic hydroxyl groups is 1. The lowest BCUT2D eigenvalue weighted by Crippen LogP contribution is -2.17. The summed E-state index contributed by atoms with van der Waals surface area (Å²) in [7, 11) is -3.29. The minimum Gasteiger partial charge on any atom is -0.421 e. The Balaban J connectivity index is 1.67. The van der Waals surface area contributed by atoms with Gasteiger partial charge in [-0.3, -0.25) is 0 Å². The molecular weight excluding hydrogens is 444 g/mol. The molecule has 33 heavy (non-hydrogen) atoms. The molecule has 170 valence electrons. The van der Waals surface area contributed by atoms with Gasteiger partial charge in [0.2, 0.25) is 11.8 Å². The molecule has 4 aromatic rings. The Morgan fingerprint density at radius 2 is 1.79 bits per heavy atom. The van der Waals surface area contributed by atoms with E-state index in [1.165, 1.54) is 18.3 Å². The largest absolute Gasteiger partial charge is 0.421 e. The van der Waals surface area contributed by atoms with E-state index < -0.39 is 15.9 Å². The van der Waals surface area contributed by atoms with E-state index >= 15 is 0 Å². The van der Waals surface area contributed by atoms with Crippen LogP contribution in [0.4, 0.5) is 17.5 Å². The van der Waals surface area contributed by atoms with Crippen molar-refractivity contribution in [1.82, 2.24) is 20.2 Å². The summed E-state index contributed by atoms with van der Waals surface area (Å²) in [6.07, 6.45) is 2.69. The van der Waals surface area contributed by atoms with E-state index in [-0.39, 0.29) is 23.3 Å². The Hall–Kier alpha value is -3.83. The summed E-state index contributed by atoms with van der Waals surface area (Å²) in [4.78, 5) is 9.09. The van der Waals surface area contributed by atoms with Crippen molar-refractivity contribution in [1.29, 1.82) is 0 Å². The molecule has 11 heteroatoms. The molecule has 1 atom stereocenters. The number of sulfone groups is 1. The van der Waals surface area contributed by atoms with Gasteiger partial charge >= 0.3 is 0 Å². The zero-order valence-corrected chi connectivity index (χ0v) is 18.7. The average molecular weight is 467 g/mol. The minimum absolute atomic E-state index is 0.175. The van der Waals surface area contributed by atoms with Gasteiger partial charge in [0.05, 0.1) is 23.1 Å². The maximum absolute atomic E-state index is 11.7. The molecule has 0 spiro atoms. The quantitative estimate of drug-likeness (QED) is 0.354. The zero-order valence-electron chi connectivity index (χ0n) is 17.9. The molecule has 0 saturated carbocycles. The SMILES string of the molecule is Cc1nnc(-c2cnc(Nc3ccc(S(C)(=O)=O)cc3)nc2N[C@H](CO)c2ccccc2)o1. The van der Waals surface area contributed by atoms with Crippen LogP contribution in [0.25, 0.3) is 11.5 Å². The summed E-state index contributed by atoms with van der Waals surface area (Å²) in [5.41, 5.74) is 1.96. The van der Waals surface area contributed by atoms with E-state index in [0.29, 0.717) is 23.0 Å². The predicted molar refractivity (Wildman–Crippen MR) is 123 cm³/mol. The second-order valence-electron chi connectivity index (χ2n) is 7.29. The molecule has 0 aliphatic carbocycles. The van der Waals surface area contributed by atoms with Gasteiger partial charge in [-0.25, -0.2) is 13.4 Å². The van der Waals surface area contributed by atoms with Crippen LogP contribution in [-0.2, 0) is 9.84 Å². The second-order valence-corrected chi connectivity index (χ2v) is 9.31. The van der Waals surface area contributed by atoms with Gasteiger partial charge in [-0.05, 0) is 29.8 Å². The molecule has 2 aromatic carbocycles. The highest BCUT2D eigenvalue weighted by Gasteiger charge is 2.19. The van der Waals surface area contributed by atoms with Crippen molar-refractivity contribution in [3.05, 3.63) is 72.2 Å². The standard InChI is InChI=1S/C22H22N6O4S/c1-14-27-28-21(32-14)18-12-23-22(24-16-8-10-17(11-9-16)33(2,30)31)26-20(18)25-19(13-29)15-6-4-3-5-7-15/h3-12,19,29H,13H2,1-2H3,(H2,23,24,25,26)/t19-/m1/s1. The van der Waals surface area contributed by atoms with Crippen LogP contribution in [0, 0.1) is 6.92 Å². The number of hydrogen-bond acceptors (Lipinski definition) is 10. The molecule has 0 saturated heterocycles. The highest BCUT2D eigenvalue weighted by Crippen LogP contribution is 2.29. The molecule has 10 nitrogen and oxygen atoms in total. The lowest BCUT2D eigenvalue weighted by atomic mass is 10.1. The average Bonchev–Trinajstić information content (AvgIpc) is 3.24. The van der Waals surface area contributed by atoms with Crippen LogP contribution in [-0.4, -0.2) is 46.6 Å². The molecule has 0 bridgehead atoms.